The van der Waals surface area contributed by atoms with E-state index in [9.17, 15) is 30.0 Å². The number of rotatable bonds is 23. The van der Waals surface area contributed by atoms with Crippen molar-refractivity contribution >= 4 is 11.9 Å². The predicted octanol–water partition coefficient (Wildman–Crippen LogP) is 4.20. The Kier molecular flexibility index (Phi) is 22.5. The number of allylic oxidation sites excluding steroid dienone is 8. The third-order valence-electron chi connectivity index (χ3n) is 6.74. The van der Waals surface area contributed by atoms with Crippen LogP contribution in [0, 0.1) is 0 Å². The normalized spacial score (nSPS) is 23.5. The second kappa shape index (κ2) is 25.0. The van der Waals surface area contributed by atoms with Gasteiger partial charge in [0.15, 0.2) is 12.4 Å². The molecule has 6 atom stereocenters. The summed E-state index contributed by atoms with van der Waals surface area (Å²) in [6.07, 6.45) is 17.7. The van der Waals surface area contributed by atoms with E-state index < -0.39 is 55.4 Å². The molecule has 0 spiro atoms. The molecule has 0 radical (unpaired) electrons. The van der Waals surface area contributed by atoms with E-state index in [1.165, 1.54) is 0 Å². The molecule has 0 aromatic carbocycles. The van der Waals surface area contributed by atoms with Crippen LogP contribution in [0.25, 0.3) is 0 Å². The summed E-state index contributed by atoms with van der Waals surface area (Å²) in [5, 5.41) is 39.6. The highest BCUT2D eigenvalue weighted by molar-refractivity contribution is 5.70. The van der Waals surface area contributed by atoms with Gasteiger partial charge in [0.2, 0.25) is 0 Å². The highest BCUT2D eigenvalue weighted by Gasteiger charge is 2.44. The summed E-state index contributed by atoms with van der Waals surface area (Å²) in [7, 11) is 0. The molecule has 1 rings (SSSR count). The maximum absolute atomic E-state index is 12.5. The average Bonchev–Trinajstić information content (AvgIpc) is 3.00. The third kappa shape index (κ3) is 18.2. The number of esters is 2. The molecule has 10 heteroatoms. The van der Waals surface area contributed by atoms with Gasteiger partial charge in [-0.1, -0.05) is 88.1 Å². The minimum absolute atomic E-state index is 0.107. The zero-order valence-electron chi connectivity index (χ0n) is 25.9. The fourth-order valence-corrected chi connectivity index (χ4v) is 4.20. The zero-order valence-corrected chi connectivity index (χ0v) is 25.9. The van der Waals surface area contributed by atoms with Gasteiger partial charge in [0.1, 0.15) is 31.0 Å². The van der Waals surface area contributed by atoms with E-state index in [1.54, 1.807) is 0 Å². The lowest BCUT2D eigenvalue weighted by atomic mass is 9.99. The first kappa shape index (κ1) is 38.7. The Hall–Kier alpha value is -2.34. The zero-order chi connectivity index (χ0) is 31.7. The number of aliphatic hydroxyl groups is 4. The minimum Gasteiger partial charge on any atom is -0.462 e. The average molecular weight is 611 g/mol. The van der Waals surface area contributed by atoms with Gasteiger partial charge in [0.05, 0.1) is 13.2 Å². The molecule has 10 nitrogen and oxygen atoms in total. The molecule has 0 bridgehead atoms. The molecule has 1 fully saturated rings. The molecule has 0 aromatic heterocycles. The van der Waals surface area contributed by atoms with Gasteiger partial charge < -0.3 is 39.4 Å². The summed E-state index contributed by atoms with van der Waals surface area (Å²) in [6, 6.07) is 0. The number of ether oxygens (including phenoxy) is 4. The molecule has 1 saturated heterocycles. The predicted molar refractivity (Wildman–Crippen MR) is 164 cm³/mol. The van der Waals surface area contributed by atoms with Crippen LogP contribution in [0.1, 0.15) is 90.9 Å². The summed E-state index contributed by atoms with van der Waals surface area (Å²) in [4.78, 5) is 24.7. The number of hydrogen-bond donors (Lipinski definition) is 4. The van der Waals surface area contributed by atoms with Gasteiger partial charge in [-0.2, -0.15) is 0 Å². The van der Waals surface area contributed by atoms with E-state index in [4.69, 9.17) is 18.9 Å². The Morgan fingerprint density at radius 3 is 2.00 bits per heavy atom. The van der Waals surface area contributed by atoms with E-state index in [2.05, 4.69) is 50.3 Å². The summed E-state index contributed by atoms with van der Waals surface area (Å²) < 4.78 is 21.7. The second-order valence-electron chi connectivity index (χ2n) is 10.5. The van der Waals surface area contributed by atoms with Crippen LogP contribution in [-0.4, -0.2) is 89.0 Å². The molecule has 4 N–H and O–H groups in total. The lowest BCUT2D eigenvalue weighted by Crippen LogP contribution is -2.59. The Labute approximate surface area is 257 Å². The van der Waals surface area contributed by atoms with Crippen LogP contribution in [-0.2, 0) is 28.5 Å². The van der Waals surface area contributed by atoms with Crippen molar-refractivity contribution in [3.8, 4) is 0 Å². The van der Waals surface area contributed by atoms with Gasteiger partial charge in [-0.05, 0) is 38.5 Å². The Morgan fingerprint density at radius 2 is 1.37 bits per heavy atom. The van der Waals surface area contributed by atoms with Crippen LogP contribution >= 0.6 is 0 Å². The minimum atomic E-state index is -1.60. The molecule has 6 unspecified atom stereocenters. The maximum atomic E-state index is 12.5. The summed E-state index contributed by atoms with van der Waals surface area (Å²) in [5.74, 6) is -0.925. The fourth-order valence-electron chi connectivity index (χ4n) is 4.20. The Bertz CT molecular complexity index is 851. The number of carbonyl (C=O) groups is 2. The molecule has 0 saturated carbocycles. The number of unbranched alkanes of at least 4 members (excludes halogenated alkanes) is 4. The number of aliphatic hydroxyl groups excluding tert-OH is 4. The van der Waals surface area contributed by atoms with Gasteiger partial charge in [0, 0.05) is 12.8 Å². The molecular weight excluding hydrogens is 556 g/mol. The summed E-state index contributed by atoms with van der Waals surface area (Å²) >= 11 is 0. The first-order valence-electron chi connectivity index (χ1n) is 15.7. The number of hydrogen-bond acceptors (Lipinski definition) is 10. The van der Waals surface area contributed by atoms with Gasteiger partial charge in [-0.25, -0.2) is 0 Å². The fraction of sp³-hybridized carbons (Fsp3) is 0.697. The third-order valence-corrected chi connectivity index (χ3v) is 6.74. The molecular formula is C33H54O10. The van der Waals surface area contributed by atoms with Crippen molar-refractivity contribution in [1.29, 1.82) is 0 Å². The van der Waals surface area contributed by atoms with Gasteiger partial charge in [-0.3, -0.25) is 9.59 Å². The van der Waals surface area contributed by atoms with E-state index in [-0.39, 0.29) is 26.1 Å². The van der Waals surface area contributed by atoms with E-state index in [1.807, 2.05) is 12.2 Å². The monoisotopic (exact) mass is 610 g/mol. The van der Waals surface area contributed by atoms with Gasteiger partial charge >= 0.3 is 11.9 Å². The lowest BCUT2D eigenvalue weighted by Gasteiger charge is -2.39. The van der Waals surface area contributed by atoms with Crippen molar-refractivity contribution < 1.29 is 49.0 Å². The number of carbonyl (C=O) groups excluding carboxylic acids is 2. The summed E-state index contributed by atoms with van der Waals surface area (Å²) in [5.41, 5.74) is 0. The first-order chi connectivity index (χ1) is 20.8. The van der Waals surface area contributed by atoms with Crippen molar-refractivity contribution in [3.63, 3.8) is 0 Å². The molecule has 0 aliphatic carbocycles. The SMILES string of the molecule is CC/C=C\C/C=C\C/C=C\C/C=C\CCC(=O)OC(COC(=O)CCCCCCC)COC1OC(CO)C(O)C(O)C1O. The van der Waals surface area contributed by atoms with Gasteiger partial charge in [0.25, 0.3) is 0 Å². The largest absolute Gasteiger partial charge is 0.462 e. The molecule has 246 valence electrons. The van der Waals surface area contributed by atoms with Gasteiger partial charge in [-0.15, -0.1) is 0 Å². The molecule has 0 amide bonds. The topological polar surface area (TPSA) is 152 Å². The van der Waals surface area contributed by atoms with Crippen molar-refractivity contribution in [3.05, 3.63) is 48.6 Å². The molecule has 1 aliphatic heterocycles. The van der Waals surface area contributed by atoms with Crippen LogP contribution in [0.3, 0.4) is 0 Å². The standard InChI is InChI=1S/C33H54O10/c1-3-5-7-9-10-11-12-13-14-15-16-18-20-22-29(36)42-26(24-40-28(35)21-19-17-8-6-4-2)25-41-33-32(39)31(38)30(37)27(23-34)43-33/h5,7,10-11,13-14,16,18,26-27,30-34,37-39H,3-4,6,8-9,12,15,17,19-25H2,1-2H3/b7-5-,11-10-,14-13-,18-16-. The first-order valence-corrected chi connectivity index (χ1v) is 15.7. The van der Waals surface area contributed by atoms with Crippen molar-refractivity contribution in [2.24, 2.45) is 0 Å². The second-order valence-corrected chi connectivity index (χ2v) is 10.5. The van der Waals surface area contributed by atoms with Crippen molar-refractivity contribution in [2.45, 2.75) is 128 Å². The molecule has 1 aliphatic rings. The molecule has 43 heavy (non-hydrogen) atoms. The van der Waals surface area contributed by atoms with E-state index in [0.29, 0.717) is 12.8 Å². The quantitative estimate of drug-likeness (QED) is 0.0752. The maximum Gasteiger partial charge on any atom is 0.306 e. The van der Waals surface area contributed by atoms with Crippen LogP contribution in [0.5, 0.6) is 0 Å². The summed E-state index contributed by atoms with van der Waals surface area (Å²) in [6.45, 7) is 3.07. The van der Waals surface area contributed by atoms with Crippen LogP contribution in [0.4, 0.5) is 0 Å². The van der Waals surface area contributed by atoms with E-state index in [0.717, 1.165) is 51.4 Å². The Morgan fingerprint density at radius 1 is 0.744 bits per heavy atom. The highest BCUT2D eigenvalue weighted by Crippen LogP contribution is 2.22. The van der Waals surface area contributed by atoms with E-state index >= 15 is 0 Å². The van der Waals surface area contributed by atoms with Crippen molar-refractivity contribution in [2.75, 3.05) is 19.8 Å². The smallest absolute Gasteiger partial charge is 0.306 e. The Balaban J connectivity index is 2.53. The molecule has 0 aromatic rings. The van der Waals surface area contributed by atoms with Crippen LogP contribution in [0.15, 0.2) is 48.6 Å². The van der Waals surface area contributed by atoms with Crippen LogP contribution < -0.4 is 0 Å². The van der Waals surface area contributed by atoms with Crippen molar-refractivity contribution in [1.82, 2.24) is 0 Å². The van der Waals surface area contributed by atoms with Crippen LogP contribution in [0.2, 0.25) is 0 Å². The lowest BCUT2D eigenvalue weighted by molar-refractivity contribution is -0.305. The highest BCUT2D eigenvalue weighted by atomic mass is 16.7. The molecule has 1 heterocycles.